The van der Waals surface area contributed by atoms with Crippen molar-refractivity contribution in [3.8, 4) is 11.3 Å². The van der Waals surface area contributed by atoms with Gasteiger partial charge in [-0.3, -0.25) is 9.59 Å². The van der Waals surface area contributed by atoms with E-state index in [4.69, 9.17) is 42.1 Å². The summed E-state index contributed by atoms with van der Waals surface area (Å²) in [6.07, 6.45) is 1.58. The van der Waals surface area contributed by atoms with E-state index in [2.05, 4.69) is 15.9 Å². The number of carbonyl (C=O) groups is 2. The molecule has 0 unspecified atom stereocenters. The van der Waals surface area contributed by atoms with Gasteiger partial charge in [0.2, 0.25) is 0 Å². The van der Waals surface area contributed by atoms with Crippen molar-refractivity contribution in [3.05, 3.63) is 123 Å². The maximum Gasteiger partial charge on any atom is 0.526 e. The number of fused-ring (bicyclic) bond motifs is 2. The van der Waals surface area contributed by atoms with E-state index < -0.39 is 7.12 Å². The number of para-hydroxylation sites is 2. The lowest BCUT2D eigenvalue weighted by atomic mass is 9.88. The molecule has 0 aliphatic rings. The summed E-state index contributed by atoms with van der Waals surface area (Å²) < 4.78 is 11.6. The van der Waals surface area contributed by atoms with Gasteiger partial charge in [0.1, 0.15) is 22.6 Å². The molecule has 208 valence electrons. The molecule has 41 heavy (non-hydrogen) atoms. The molecule has 0 bridgehead atoms. The minimum Gasteiger partial charge on any atom is -0.465 e. The van der Waals surface area contributed by atoms with Crippen LogP contribution >= 0.6 is 39.1 Å². The van der Waals surface area contributed by atoms with Gasteiger partial charge in [-0.15, -0.1) is 0 Å². The van der Waals surface area contributed by atoms with Crippen molar-refractivity contribution >= 4 is 86.4 Å². The fourth-order valence-corrected chi connectivity index (χ4v) is 4.63. The Balaban J connectivity index is 0.000000176. The van der Waals surface area contributed by atoms with Crippen LogP contribution in [0, 0.1) is 0 Å². The highest BCUT2D eigenvalue weighted by Gasteiger charge is 2.16. The number of hydrogen-bond donors (Lipinski definition) is 2. The Morgan fingerprint density at radius 3 is 1.76 bits per heavy atom. The summed E-state index contributed by atoms with van der Waals surface area (Å²) in [5.41, 5.74) is 3.54. The first-order valence-corrected chi connectivity index (χ1v) is 13.3. The van der Waals surface area contributed by atoms with Crippen molar-refractivity contribution in [1.29, 1.82) is 0 Å². The van der Waals surface area contributed by atoms with Gasteiger partial charge in [0, 0.05) is 42.0 Å². The molecule has 0 amide bonds. The zero-order valence-corrected chi connectivity index (χ0v) is 23.7. The molecule has 0 aliphatic heterocycles. The molecule has 0 fully saturated rings. The van der Waals surface area contributed by atoms with E-state index in [1.807, 2.05) is 48.5 Å². The lowest BCUT2D eigenvalue weighted by Gasteiger charge is -2.01. The molecule has 0 radical (unpaired) electrons. The van der Waals surface area contributed by atoms with Gasteiger partial charge in [0.25, 0.3) is 0 Å². The standard InChI is InChI=1S/C15H9ClO2.C8H7BO3.C7H4BrClO.CH4/c16-12-6-5-11(9-17)13(8-12)15-7-10-3-1-2-4-14(10)18-15;10-9(11)8-5-6-3-1-2-4-7(6)12-8;8-7-3-6(9)2-1-5(7)4-10;/h1-9H;1-5,10-11H;1-4H;1H4. The van der Waals surface area contributed by atoms with E-state index in [9.17, 15) is 9.59 Å². The number of carbonyl (C=O) groups excluding carboxylic acids is 2. The van der Waals surface area contributed by atoms with Gasteiger partial charge in [0.05, 0.1) is 0 Å². The largest absolute Gasteiger partial charge is 0.526 e. The second-order valence-electron chi connectivity index (χ2n) is 8.34. The molecule has 0 saturated heterocycles. The Bertz CT molecular complexity index is 1710. The third-order valence-corrected chi connectivity index (χ3v) is 6.78. The molecule has 2 N–H and O–H groups in total. The normalized spacial score (nSPS) is 10.1. The summed E-state index contributed by atoms with van der Waals surface area (Å²) in [6.45, 7) is 0. The van der Waals surface area contributed by atoms with Crippen molar-refractivity contribution < 1.29 is 28.5 Å². The first-order valence-electron chi connectivity index (χ1n) is 11.8. The summed E-state index contributed by atoms with van der Waals surface area (Å²) in [6, 6.07) is 28.7. The number of benzene rings is 4. The van der Waals surface area contributed by atoms with Gasteiger partial charge in [0.15, 0.2) is 12.6 Å². The molecule has 10 heteroatoms. The molecule has 0 aliphatic carbocycles. The number of aldehydes is 2. The van der Waals surface area contributed by atoms with Gasteiger partial charge in [-0.25, -0.2) is 0 Å². The van der Waals surface area contributed by atoms with Crippen molar-refractivity contribution in [1.82, 2.24) is 0 Å². The van der Waals surface area contributed by atoms with Crippen LogP contribution in [0.25, 0.3) is 33.3 Å². The fourth-order valence-electron chi connectivity index (χ4n) is 3.69. The number of furan rings is 2. The Morgan fingerprint density at radius 1 is 0.683 bits per heavy atom. The summed E-state index contributed by atoms with van der Waals surface area (Å²) in [5, 5.41) is 20.7. The second-order valence-corrected chi connectivity index (χ2v) is 10.1. The second kappa shape index (κ2) is 14.8. The first kappa shape index (κ1) is 31.9. The van der Waals surface area contributed by atoms with Crippen molar-refractivity contribution in [3.63, 3.8) is 0 Å². The van der Waals surface area contributed by atoms with Crippen molar-refractivity contribution in [2.75, 3.05) is 0 Å². The highest BCUT2D eigenvalue weighted by molar-refractivity contribution is 9.10. The van der Waals surface area contributed by atoms with Crippen LogP contribution in [0.3, 0.4) is 0 Å². The average Bonchev–Trinajstić information content (AvgIpc) is 3.59. The van der Waals surface area contributed by atoms with Crippen LogP contribution in [0.5, 0.6) is 0 Å². The van der Waals surface area contributed by atoms with Crippen LogP contribution in [0.1, 0.15) is 28.1 Å². The van der Waals surface area contributed by atoms with E-state index in [-0.39, 0.29) is 13.1 Å². The molecular weight excluding hydrogens is 630 g/mol. The molecule has 6 aromatic rings. The van der Waals surface area contributed by atoms with E-state index in [0.717, 1.165) is 33.4 Å². The van der Waals surface area contributed by atoms with Gasteiger partial charge in [-0.2, -0.15) is 0 Å². The quantitative estimate of drug-likeness (QED) is 0.147. The zero-order chi connectivity index (χ0) is 28.6. The Hall–Kier alpha value is -3.66. The third-order valence-electron chi connectivity index (χ3n) is 5.62. The van der Waals surface area contributed by atoms with E-state index in [1.54, 1.807) is 48.5 Å². The summed E-state index contributed by atoms with van der Waals surface area (Å²) in [7, 11) is -1.53. The van der Waals surface area contributed by atoms with Gasteiger partial charge in [-0.05, 0) is 60.7 Å². The molecule has 4 aromatic carbocycles. The molecular formula is C31H24BBrCl2O6. The molecule has 6 nitrogen and oxygen atoms in total. The van der Waals surface area contributed by atoms with Crippen LogP contribution in [0.15, 0.2) is 110 Å². The summed E-state index contributed by atoms with van der Waals surface area (Å²) >= 11 is 14.8. The summed E-state index contributed by atoms with van der Waals surface area (Å²) in [4.78, 5) is 21.3. The van der Waals surface area contributed by atoms with Gasteiger partial charge < -0.3 is 18.9 Å². The summed E-state index contributed by atoms with van der Waals surface area (Å²) in [5.74, 6) is 0.654. The molecule has 0 saturated carbocycles. The van der Waals surface area contributed by atoms with Crippen LogP contribution in [-0.4, -0.2) is 29.7 Å². The predicted molar refractivity (Wildman–Crippen MR) is 169 cm³/mol. The van der Waals surface area contributed by atoms with Crippen LogP contribution in [0.2, 0.25) is 10.0 Å². The minimum absolute atomic E-state index is 0. The topological polar surface area (TPSA) is 101 Å². The maximum absolute atomic E-state index is 11.0. The van der Waals surface area contributed by atoms with Crippen LogP contribution < -0.4 is 5.66 Å². The smallest absolute Gasteiger partial charge is 0.465 e. The Labute approximate surface area is 255 Å². The number of hydrogen-bond acceptors (Lipinski definition) is 6. The van der Waals surface area contributed by atoms with E-state index >= 15 is 0 Å². The molecule has 0 atom stereocenters. The number of halogens is 3. The first-order chi connectivity index (χ1) is 19.3. The molecule has 2 heterocycles. The average molecular weight is 654 g/mol. The highest BCUT2D eigenvalue weighted by atomic mass is 79.9. The fraction of sp³-hybridized carbons (Fsp3) is 0.0323. The van der Waals surface area contributed by atoms with Crippen LogP contribution in [0.4, 0.5) is 0 Å². The molecule has 0 spiro atoms. The van der Waals surface area contributed by atoms with Crippen molar-refractivity contribution in [2.45, 2.75) is 7.43 Å². The SMILES string of the molecule is C.O=Cc1ccc(Cl)cc1-c1cc2ccccc2o1.O=Cc1ccc(Cl)cc1Br.OB(O)c1cc2ccccc2o1. The Morgan fingerprint density at radius 2 is 1.22 bits per heavy atom. The third kappa shape index (κ3) is 8.19. The molecule has 2 aromatic heterocycles. The maximum atomic E-state index is 11.0. The zero-order valence-electron chi connectivity index (χ0n) is 20.6. The van der Waals surface area contributed by atoms with E-state index in [0.29, 0.717) is 38.1 Å². The van der Waals surface area contributed by atoms with E-state index in [1.165, 1.54) is 0 Å². The predicted octanol–water partition coefficient (Wildman–Crippen LogP) is 8.23. The monoisotopic (exact) mass is 652 g/mol. The Kier molecular flexibility index (Phi) is 11.5. The lowest BCUT2D eigenvalue weighted by Crippen LogP contribution is -2.27. The highest BCUT2D eigenvalue weighted by Crippen LogP contribution is 2.31. The minimum atomic E-state index is -1.53. The van der Waals surface area contributed by atoms with Gasteiger partial charge >= 0.3 is 7.12 Å². The number of rotatable bonds is 4. The lowest BCUT2D eigenvalue weighted by molar-refractivity contribution is 0.111. The van der Waals surface area contributed by atoms with Gasteiger partial charge in [-0.1, -0.05) is 83.0 Å². The van der Waals surface area contributed by atoms with Crippen molar-refractivity contribution in [2.24, 2.45) is 0 Å². The molecule has 6 rings (SSSR count). The van der Waals surface area contributed by atoms with Crippen LogP contribution in [-0.2, 0) is 0 Å².